The van der Waals surface area contributed by atoms with Gasteiger partial charge in [0.1, 0.15) is 5.60 Å². The highest BCUT2D eigenvalue weighted by Gasteiger charge is 2.48. The fraction of sp³-hybridized carbons (Fsp3) is 0.789. The van der Waals surface area contributed by atoms with E-state index in [9.17, 15) is 9.18 Å². The molecule has 0 atom stereocenters. The second-order valence-electron chi connectivity index (χ2n) is 8.51. The molecule has 2 fully saturated rings. The summed E-state index contributed by atoms with van der Waals surface area (Å²) in [6, 6.07) is 0.372. The number of alkyl halides is 1. The van der Waals surface area contributed by atoms with Gasteiger partial charge in [0.15, 0.2) is 5.67 Å². The zero-order chi connectivity index (χ0) is 19.5. The molecule has 0 saturated carbocycles. The minimum atomic E-state index is -1.33. The van der Waals surface area contributed by atoms with Gasteiger partial charge in [-0.1, -0.05) is 6.58 Å². The molecule has 1 amide bonds. The van der Waals surface area contributed by atoms with Crippen LogP contribution < -0.4 is 0 Å². The maximum atomic E-state index is 14.9. The number of hydrogen-bond acceptors (Lipinski definition) is 5. The van der Waals surface area contributed by atoms with E-state index >= 15 is 0 Å². The molecule has 0 aromatic heterocycles. The molecule has 0 N–H and O–H groups in total. The molecule has 0 radical (unpaired) electrons. The minimum absolute atomic E-state index is 0.116. The van der Waals surface area contributed by atoms with Gasteiger partial charge in [-0.05, 0) is 46.6 Å². The molecule has 26 heavy (non-hydrogen) atoms. The van der Waals surface area contributed by atoms with Crippen LogP contribution in [0.25, 0.3) is 0 Å². The zero-order valence-corrected chi connectivity index (χ0v) is 16.8. The highest BCUT2D eigenvalue weighted by Crippen LogP contribution is 2.29. The van der Waals surface area contributed by atoms with E-state index in [1.165, 1.54) is 4.90 Å². The van der Waals surface area contributed by atoms with Crippen molar-refractivity contribution in [3.05, 3.63) is 12.7 Å². The lowest BCUT2D eigenvalue weighted by Crippen LogP contribution is -2.66. The van der Waals surface area contributed by atoms with Crippen molar-refractivity contribution in [3.8, 4) is 0 Å². The largest absolute Gasteiger partial charge is 0.444 e. The van der Waals surface area contributed by atoms with E-state index in [0.29, 0.717) is 12.6 Å². The van der Waals surface area contributed by atoms with E-state index in [0.717, 1.165) is 31.6 Å². The Bertz CT molecular complexity index is 544. The van der Waals surface area contributed by atoms with Crippen molar-refractivity contribution in [3.63, 3.8) is 0 Å². The van der Waals surface area contributed by atoms with Crippen LogP contribution in [0.2, 0.25) is 0 Å². The molecule has 2 aliphatic rings. The number of likely N-dealkylation sites (tertiary alicyclic amines) is 2. The van der Waals surface area contributed by atoms with Crippen LogP contribution >= 0.6 is 0 Å². The first-order chi connectivity index (χ1) is 12.0. The number of piperidine rings is 1. The molecule has 0 spiro atoms. The molecular weight excluding hydrogens is 335 g/mol. The summed E-state index contributed by atoms with van der Waals surface area (Å²) >= 11 is 0. The number of carbonyl (C=O) groups excluding carboxylic acids is 1. The summed E-state index contributed by atoms with van der Waals surface area (Å²) in [5.41, 5.74) is -0.978. The summed E-state index contributed by atoms with van der Waals surface area (Å²) in [6.45, 7) is 13.4. The molecule has 0 aromatic carbocycles. The SMILES string of the molecule is C=C/C(C)=N\N(C)C1CCN(CC2(F)CN(C(=O)OC(C)(C)C)C2)CC1. The molecule has 0 aliphatic carbocycles. The van der Waals surface area contributed by atoms with Crippen LogP contribution in [0, 0.1) is 0 Å². The third-order valence-corrected chi connectivity index (χ3v) is 4.80. The Hall–Kier alpha value is -1.63. The van der Waals surface area contributed by atoms with Crippen LogP contribution in [0.5, 0.6) is 0 Å². The van der Waals surface area contributed by atoms with Crippen LogP contribution in [-0.2, 0) is 4.74 Å². The van der Waals surface area contributed by atoms with Gasteiger partial charge >= 0.3 is 6.09 Å². The number of ether oxygens (including phenoxy) is 1. The van der Waals surface area contributed by atoms with Crippen molar-refractivity contribution in [2.45, 2.75) is 57.8 Å². The molecule has 0 unspecified atom stereocenters. The van der Waals surface area contributed by atoms with Gasteiger partial charge < -0.3 is 9.64 Å². The van der Waals surface area contributed by atoms with Gasteiger partial charge in [-0.15, -0.1) is 0 Å². The fourth-order valence-corrected chi connectivity index (χ4v) is 3.42. The summed E-state index contributed by atoms with van der Waals surface area (Å²) in [4.78, 5) is 15.5. The van der Waals surface area contributed by atoms with Gasteiger partial charge in [-0.25, -0.2) is 9.18 Å². The van der Waals surface area contributed by atoms with Gasteiger partial charge in [0.25, 0.3) is 0 Å². The third kappa shape index (κ3) is 5.69. The smallest absolute Gasteiger partial charge is 0.410 e. The van der Waals surface area contributed by atoms with Crippen LogP contribution in [0.1, 0.15) is 40.5 Å². The lowest BCUT2D eigenvalue weighted by molar-refractivity contribution is -0.0675. The van der Waals surface area contributed by atoms with Gasteiger partial charge in [0, 0.05) is 32.7 Å². The molecule has 2 rings (SSSR count). The Morgan fingerprint density at radius 1 is 1.38 bits per heavy atom. The van der Waals surface area contributed by atoms with E-state index in [2.05, 4.69) is 16.6 Å². The highest BCUT2D eigenvalue weighted by molar-refractivity contribution is 5.91. The third-order valence-electron chi connectivity index (χ3n) is 4.80. The number of carbonyl (C=O) groups is 1. The van der Waals surface area contributed by atoms with Crippen LogP contribution in [0.15, 0.2) is 17.8 Å². The zero-order valence-electron chi connectivity index (χ0n) is 16.8. The molecule has 148 valence electrons. The van der Waals surface area contributed by atoms with Crippen LogP contribution in [0.3, 0.4) is 0 Å². The number of nitrogens with zero attached hydrogens (tertiary/aromatic N) is 4. The molecule has 6 nitrogen and oxygen atoms in total. The summed E-state index contributed by atoms with van der Waals surface area (Å²) in [5, 5.41) is 6.48. The van der Waals surface area contributed by atoms with Gasteiger partial charge in [-0.2, -0.15) is 5.10 Å². The number of halogens is 1. The monoisotopic (exact) mass is 368 g/mol. The number of hydrazone groups is 1. The first-order valence-corrected chi connectivity index (χ1v) is 9.31. The second kappa shape index (κ2) is 7.94. The van der Waals surface area contributed by atoms with Gasteiger partial charge in [0.2, 0.25) is 0 Å². The molecule has 2 saturated heterocycles. The average molecular weight is 368 g/mol. The number of amides is 1. The second-order valence-corrected chi connectivity index (χ2v) is 8.51. The Morgan fingerprint density at radius 2 is 1.96 bits per heavy atom. The van der Waals surface area contributed by atoms with Crippen molar-refractivity contribution < 1.29 is 13.9 Å². The minimum Gasteiger partial charge on any atom is -0.444 e. The van der Waals surface area contributed by atoms with Crippen LogP contribution in [-0.4, -0.2) is 83.7 Å². The van der Waals surface area contributed by atoms with E-state index in [1.54, 1.807) is 6.08 Å². The number of rotatable bonds is 5. The molecule has 2 aliphatic heterocycles. The summed E-state index contributed by atoms with van der Waals surface area (Å²) in [7, 11) is 1.98. The Labute approximate surface area is 156 Å². The van der Waals surface area contributed by atoms with E-state index in [4.69, 9.17) is 4.74 Å². The molecule has 0 aromatic rings. The molecule has 2 heterocycles. The highest BCUT2D eigenvalue weighted by atomic mass is 19.1. The number of hydrogen-bond donors (Lipinski definition) is 0. The quantitative estimate of drug-likeness (QED) is 0.553. The molecule has 7 heteroatoms. The summed E-state index contributed by atoms with van der Waals surface area (Å²) < 4.78 is 20.2. The number of allylic oxidation sites excluding steroid dienone is 1. The van der Waals surface area contributed by atoms with Crippen molar-refractivity contribution in [2.75, 3.05) is 39.8 Å². The first kappa shape index (κ1) is 20.7. The van der Waals surface area contributed by atoms with E-state index in [-0.39, 0.29) is 13.1 Å². The Morgan fingerprint density at radius 3 is 2.46 bits per heavy atom. The van der Waals surface area contributed by atoms with Crippen LogP contribution in [0.4, 0.5) is 9.18 Å². The first-order valence-electron chi connectivity index (χ1n) is 9.31. The average Bonchev–Trinajstić information content (AvgIpc) is 2.51. The topological polar surface area (TPSA) is 48.4 Å². The maximum absolute atomic E-state index is 14.9. The van der Waals surface area contributed by atoms with E-state index in [1.807, 2.05) is 39.8 Å². The maximum Gasteiger partial charge on any atom is 0.410 e. The Kier molecular flexibility index (Phi) is 6.32. The molecule has 0 bridgehead atoms. The normalized spacial score (nSPS) is 21.9. The Balaban J connectivity index is 1.75. The predicted molar refractivity (Wildman–Crippen MR) is 102 cm³/mol. The molecular formula is C19H33FN4O2. The lowest BCUT2D eigenvalue weighted by atomic mass is 9.94. The van der Waals surface area contributed by atoms with Crippen molar-refractivity contribution in [1.29, 1.82) is 0 Å². The van der Waals surface area contributed by atoms with Gasteiger partial charge in [-0.3, -0.25) is 9.91 Å². The summed E-state index contributed by atoms with van der Waals surface area (Å²) in [6.07, 6.45) is 3.22. The lowest BCUT2D eigenvalue weighted by Gasteiger charge is -2.47. The van der Waals surface area contributed by atoms with Crippen molar-refractivity contribution >= 4 is 11.8 Å². The standard InChI is InChI=1S/C19H33FN4O2/c1-7-15(2)21-22(6)16-8-10-23(11-9-16)12-19(20)13-24(14-19)17(25)26-18(3,4)5/h7,16H,1,8-14H2,2-6H3/b21-15-. The van der Waals surface area contributed by atoms with E-state index < -0.39 is 17.4 Å². The fourth-order valence-electron chi connectivity index (χ4n) is 3.42. The van der Waals surface area contributed by atoms with Crippen molar-refractivity contribution in [1.82, 2.24) is 14.8 Å². The van der Waals surface area contributed by atoms with Crippen molar-refractivity contribution in [2.24, 2.45) is 5.10 Å². The van der Waals surface area contributed by atoms with Gasteiger partial charge in [0.05, 0.1) is 18.8 Å². The summed E-state index contributed by atoms with van der Waals surface area (Å²) in [5.74, 6) is 0. The predicted octanol–water partition coefficient (Wildman–Crippen LogP) is 2.90.